The van der Waals surface area contributed by atoms with Gasteiger partial charge in [0.2, 0.25) is 0 Å². The Morgan fingerprint density at radius 1 is 0.947 bits per heavy atom. The molecule has 3 rings (SSSR count). The summed E-state index contributed by atoms with van der Waals surface area (Å²) in [7, 11) is 0. The van der Waals surface area contributed by atoms with Gasteiger partial charge >= 0.3 is 24.5 Å². The van der Waals surface area contributed by atoms with E-state index in [2.05, 4.69) is 15.4 Å². The Balaban J connectivity index is 1.74. The lowest BCUT2D eigenvalue weighted by Crippen LogP contribution is -2.53. The molecule has 0 spiro atoms. The second-order valence-corrected chi connectivity index (χ2v) is 9.86. The summed E-state index contributed by atoms with van der Waals surface area (Å²) in [6.45, 7) is 7.63. The Morgan fingerprint density at radius 2 is 1.53 bits per heavy atom. The molecule has 0 radical (unpaired) electrons. The van der Waals surface area contributed by atoms with E-state index in [-0.39, 0.29) is 24.8 Å². The molecule has 2 aromatic carbocycles. The van der Waals surface area contributed by atoms with Crippen molar-refractivity contribution in [1.29, 1.82) is 0 Å². The van der Waals surface area contributed by atoms with E-state index in [4.69, 9.17) is 4.74 Å². The highest BCUT2D eigenvalue weighted by Gasteiger charge is 2.33. The molecule has 2 aromatic rings. The number of carbonyl (C=O) groups excluding carboxylic acids is 3. The molecule has 1 saturated heterocycles. The Labute approximate surface area is 218 Å². The topological polar surface area (TPSA) is 100 Å². The number of alkyl carbamates (subject to hydrolysis) is 1. The van der Waals surface area contributed by atoms with Crippen LogP contribution in [0.4, 0.5) is 38.9 Å². The fraction of sp³-hybridized carbons (Fsp3) is 0.423. The highest BCUT2D eigenvalue weighted by molar-refractivity contribution is 6.18. The number of rotatable bonds is 4. The molecule has 1 fully saturated rings. The Hall–Kier alpha value is -3.96. The largest absolute Gasteiger partial charge is 0.573 e. The van der Waals surface area contributed by atoms with Crippen LogP contribution in [0.3, 0.4) is 0 Å². The van der Waals surface area contributed by atoms with Crippen molar-refractivity contribution >= 4 is 29.5 Å². The lowest BCUT2D eigenvalue weighted by Gasteiger charge is -2.35. The van der Waals surface area contributed by atoms with Crippen LogP contribution in [0.15, 0.2) is 48.5 Å². The molecule has 0 aliphatic carbocycles. The molecule has 0 saturated carbocycles. The van der Waals surface area contributed by atoms with Gasteiger partial charge in [-0.05, 0) is 76.9 Å². The van der Waals surface area contributed by atoms with Gasteiger partial charge in [0.05, 0.1) is 5.69 Å². The van der Waals surface area contributed by atoms with Crippen LogP contribution in [0.1, 0.15) is 39.2 Å². The van der Waals surface area contributed by atoms with Crippen molar-refractivity contribution in [2.75, 3.05) is 23.3 Å². The number of likely N-dealkylation sites (tertiary alicyclic amines) is 1. The molecular weight excluding hydrogens is 505 g/mol. The molecule has 1 heterocycles. The molecule has 5 amide bonds. The second kappa shape index (κ2) is 11.6. The highest BCUT2D eigenvalue weighted by Crippen LogP contribution is 2.27. The summed E-state index contributed by atoms with van der Waals surface area (Å²) in [4.78, 5) is 41.1. The number of nitrogens with zero attached hydrogens (tertiary/aromatic N) is 2. The van der Waals surface area contributed by atoms with E-state index in [0.29, 0.717) is 18.5 Å². The van der Waals surface area contributed by atoms with Crippen LogP contribution in [0.25, 0.3) is 0 Å². The van der Waals surface area contributed by atoms with Crippen molar-refractivity contribution in [3.05, 3.63) is 54.1 Å². The van der Waals surface area contributed by atoms with E-state index >= 15 is 0 Å². The molecule has 2 N–H and O–H groups in total. The smallest absolute Gasteiger partial charge is 0.444 e. The van der Waals surface area contributed by atoms with Gasteiger partial charge in [-0.2, -0.15) is 0 Å². The van der Waals surface area contributed by atoms with Crippen LogP contribution in [0, 0.1) is 6.92 Å². The van der Waals surface area contributed by atoms with Gasteiger partial charge in [-0.15, -0.1) is 13.2 Å². The summed E-state index contributed by atoms with van der Waals surface area (Å²) in [5.74, 6) is -0.485. The van der Waals surface area contributed by atoms with Crippen molar-refractivity contribution in [3.63, 3.8) is 0 Å². The summed E-state index contributed by atoms with van der Waals surface area (Å²) in [5, 5.41) is 5.43. The van der Waals surface area contributed by atoms with Gasteiger partial charge in [0.25, 0.3) is 0 Å². The van der Waals surface area contributed by atoms with E-state index in [1.165, 1.54) is 17.0 Å². The van der Waals surface area contributed by atoms with E-state index in [1.807, 2.05) is 6.92 Å². The first-order chi connectivity index (χ1) is 17.7. The first kappa shape index (κ1) is 28.6. The number of amides is 5. The van der Waals surface area contributed by atoms with Gasteiger partial charge in [0, 0.05) is 24.8 Å². The number of ether oxygens (including phenoxy) is 2. The monoisotopic (exact) mass is 536 g/mol. The van der Waals surface area contributed by atoms with Crippen LogP contribution in [-0.4, -0.2) is 54.2 Å². The van der Waals surface area contributed by atoms with Gasteiger partial charge in [-0.25, -0.2) is 19.3 Å². The molecule has 0 aromatic heterocycles. The number of hydrogen-bond donors (Lipinski definition) is 2. The van der Waals surface area contributed by atoms with Gasteiger partial charge < -0.3 is 25.0 Å². The minimum atomic E-state index is -4.88. The van der Waals surface area contributed by atoms with Crippen LogP contribution < -0.4 is 20.3 Å². The van der Waals surface area contributed by atoms with E-state index in [1.54, 1.807) is 45.0 Å². The Bertz CT molecular complexity index is 1120. The molecule has 9 nitrogen and oxygen atoms in total. The van der Waals surface area contributed by atoms with Crippen LogP contribution in [-0.2, 0) is 4.74 Å². The molecular formula is C26H31F3N4O5. The Kier molecular flexibility index (Phi) is 8.74. The van der Waals surface area contributed by atoms with Crippen LogP contribution in [0.2, 0.25) is 0 Å². The molecule has 1 aliphatic heterocycles. The fourth-order valence-electron chi connectivity index (χ4n) is 3.76. The first-order valence-electron chi connectivity index (χ1n) is 12.0. The summed E-state index contributed by atoms with van der Waals surface area (Å²) >= 11 is 0. The third kappa shape index (κ3) is 8.56. The number of aryl methyl sites for hydroxylation is 1. The summed E-state index contributed by atoms with van der Waals surface area (Å²) in [5.41, 5.74) is 0.824. The van der Waals surface area contributed by atoms with Crippen molar-refractivity contribution in [1.82, 2.24) is 10.2 Å². The number of anilines is 2. The summed E-state index contributed by atoms with van der Waals surface area (Å²) in [6.07, 6.45) is -4.58. The Morgan fingerprint density at radius 3 is 2.05 bits per heavy atom. The van der Waals surface area contributed by atoms with Crippen molar-refractivity contribution in [2.24, 2.45) is 0 Å². The van der Waals surface area contributed by atoms with Gasteiger partial charge in [-0.3, -0.25) is 0 Å². The number of hydrogen-bond acceptors (Lipinski definition) is 5. The molecule has 0 atom stereocenters. The number of benzene rings is 2. The molecule has 206 valence electrons. The van der Waals surface area contributed by atoms with Crippen molar-refractivity contribution in [3.8, 4) is 5.75 Å². The molecule has 38 heavy (non-hydrogen) atoms. The maximum atomic E-state index is 13.5. The predicted octanol–water partition coefficient (Wildman–Crippen LogP) is 6.04. The maximum Gasteiger partial charge on any atom is 0.573 e. The third-order valence-electron chi connectivity index (χ3n) is 5.51. The zero-order chi connectivity index (χ0) is 28.1. The minimum Gasteiger partial charge on any atom is -0.444 e. The van der Waals surface area contributed by atoms with Gasteiger partial charge in [0.15, 0.2) is 0 Å². The predicted molar refractivity (Wildman–Crippen MR) is 135 cm³/mol. The normalized spacial score (nSPS) is 14.4. The van der Waals surface area contributed by atoms with Crippen LogP contribution >= 0.6 is 0 Å². The third-order valence-corrected chi connectivity index (χ3v) is 5.51. The molecule has 0 bridgehead atoms. The van der Waals surface area contributed by atoms with Gasteiger partial charge in [0.1, 0.15) is 11.4 Å². The standard InChI is InChI=1S/C26H31F3N4O5/c1-17-5-7-18(8-6-17)30-22(34)33(20-9-11-21(12-10-20)37-26(27,28)29)24(36)32-15-13-19(14-16-32)31-23(35)38-25(2,3)4/h5-12,19H,13-16H2,1-4H3,(H,30,34)(H,31,35). The number of urea groups is 2. The van der Waals surface area contributed by atoms with Crippen LogP contribution in [0.5, 0.6) is 5.75 Å². The number of alkyl halides is 3. The lowest BCUT2D eigenvalue weighted by atomic mass is 10.1. The number of piperidine rings is 1. The highest BCUT2D eigenvalue weighted by atomic mass is 19.4. The zero-order valence-corrected chi connectivity index (χ0v) is 21.6. The number of nitrogens with one attached hydrogen (secondary N) is 2. The van der Waals surface area contributed by atoms with Crippen molar-refractivity contribution in [2.45, 2.75) is 58.5 Å². The van der Waals surface area contributed by atoms with E-state index in [0.717, 1.165) is 22.6 Å². The molecule has 1 aliphatic rings. The summed E-state index contributed by atoms with van der Waals surface area (Å²) in [6, 6.07) is 9.71. The average Bonchev–Trinajstić information content (AvgIpc) is 2.80. The number of carbonyl (C=O) groups is 3. The zero-order valence-electron chi connectivity index (χ0n) is 21.6. The number of imide groups is 1. The second-order valence-electron chi connectivity index (χ2n) is 9.86. The average molecular weight is 537 g/mol. The van der Waals surface area contributed by atoms with E-state index in [9.17, 15) is 27.6 Å². The lowest BCUT2D eigenvalue weighted by molar-refractivity contribution is -0.274. The van der Waals surface area contributed by atoms with Crippen molar-refractivity contribution < 1.29 is 37.0 Å². The van der Waals surface area contributed by atoms with Gasteiger partial charge in [-0.1, -0.05) is 17.7 Å². The quantitative estimate of drug-likeness (QED) is 0.496. The fourth-order valence-corrected chi connectivity index (χ4v) is 3.76. The SMILES string of the molecule is Cc1ccc(NC(=O)N(C(=O)N2CCC(NC(=O)OC(C)(C)C)CC2)c2ccc(OC(F)(F)F)cc2)cc1. The minimum absolute atomic E-state index is 0.0585. The maximum absolute atomic E-state index is 13.5. The molecule has 12 heteroatoms. The number of halogens is 3. The molecule has 0 unspecified atom stereocenters. The van der Waals surface area contributed by atoms with E-state index < -0.39 is 35.9 Å². The summed E-state index contributed by atoms with van der Waals surface area (Å²) < 4.78 is 46.9. The first-order valence-corrected chi connectivity index (χ1v) is 12.0.